The molecule has 0 bridgehead atoms. The highest BCUT2D eigenvalue weighted by Crippen LogP contribution is 2.03. The SMILES string of the molecule is CCNC(=NCCS(=O)Cc1ccccc1)N(C)Cc1ncnn1C.I. The van der Waals surface area contributed by atoms with Gasteiger partial charge in [0.15, 0.2) is 5.96 Å². The number of hydrogen-bond acceptors (Lipinski definition) is 4. The molecule has 144 valence electrons. The maximum atomic E-state index is 12.2. The molecule has 7 nitrogen and oxygen atoms in total. The lowest BCUT2D eigenvalue weighted by molar-refractivity contribution is 0.449. The Labute approximate surface area is 174 Å². The van der Waals surface area contributed by atoms with Gasteiger partial charge in [0.05, 0.1) is 13.1 Å². The van der Waals surface area contributed by atoms with E-state index >= 15 is 0 Å². The fourth-order valence-corrected chi connectivity index (χ4v) is 3.31. The smallest absolute Gasteiger partial charge is 0.194 e. The maximum absolute atomic E-state index is 12.2. The number of halogens is 1. The van der Waals surface area contributed by atoms with E-state index in [4.69, 9.17) is 0 Å². The first-order valence-electron chi connectivity index (χ1n) is 8.31. The molecule has 1 aromatic heterocycles. The minimum atomic E-state index is -0.920. The van der Waals surface area contributed by atoms with Gasteiger partial charge in [0.25, 0.3) is 0 Å². The normalized spacial score (nSPS) is 12.3. The summed E-state index contributed by atoms with van der Waals surface area (Å²) in [5, 5.41) is 7.34. The van der Waals surface area contributed by atoms with E-state index in [1.165, 1.54) is 0 Å². The molecule has 1 atom stereocenters. The zero-order valence-electron chi connectivity index (χ0n) is 15.5. The first-order chi connectivity index (χ1) is 12.1. The highest BCUT2D eigenvalue weighted by molar-refractivity contribution is 14.0. The van der Waals surface area contributed by atoms with Crippen LogP contribution in [0.4, 0.5) is 0 Å². The minimum Gasteiger partial charge on any atom is -0.357 e. The number of aromatic nitrogens is 3. The zero-order chi connectivity index (χ0) is 18.1. The molecule has 1 N–H and O–H groups in total. The van der Waals surface area contributed by atoms with Crippen LogP contribution >= 0.6 is 24.0 Å². The number of benzene rings is 1. The summed E-state index contributed by atoms with van der Waals surface area (Å²) in [5.74, 6) is 2.76. The number of hydrogen-bond donors (Lipinski definition) is 1. The van der Waals surface area contributed by atoms with E-state index in [1.54, 1.807) is 11.0 Å². The number of nitrogens with one attached hydrogen (secondary N) is 1. The van der Waals surface area contributed by atoms with Crippen LogP contribution < -0.4 is 5.32 Å². The molecule has 0 saturated heterocycles. The molecule has 0 fully saturated rings. The number of aliphatic imine (C=N–C) groups is 1. The second-order valence-corrected chi connectivity index (χ2v) is 7.24. The van der Waals surface area contributed by atoms with Gasteiger partial charge in [-0.1, -0.05) is 30.3 Å². The van der Waals surface area contributed by atoms with Crippen LogP contribution in [0.1, 0.15) is 18.3 Å². The van der Waals surface area contributed by atoms with E-state index in [0.717, 1.165) is 23.9 Å². The number of guanidine groups is 1. The van der Waals surface area contributed by atoms with Crippen molar-refractivity contribution in [3.8, 4) is 0 Å². The standard InChI is InChI=1S/C17H26N6OS.HI/c1-4-18-17(22(2)12-16-20-14-21-23(16)3)19-10-11-25(24)13-15-8-6-5-7-9-15;/h5-9,14H,4,10-13H2,1-3H3,(H,18,19);1H. The lowest BCUT2D eigenvalue weighted by Gasteiger charge is -2.21. The van der Waals surface area contributed by atoms with Crippen molar-refractivity contribution in [1.29, 1.82) is 0 Å². The number of rotatable bonds is 8. The van der Waals surface area contributed by atoms with Gasteiger partial charge in [-0.2, -0.15) is 5.10 Å². The van der Waals surface area contributed by atoms with Crippen molar-refractivity contribution in [2.75, 3.05) is 25.9 Å². The van der Waals surface area contributed by atoms with Gasteiger partial charge in [-0.05, 0) is 12.5 Å². The van der Waals surface area contributed by atoms with Gasteiger partial charge in [-0.15, -0.1) is 24.0 Å². The Hall–Kier alpha value is -1.49. The molecule has 0 radical (unpaired) electrons. The average Bonchev–Trinajstić information content (AvgIpc) is 3.00. The Kier molecular flexibility index (Phi) is 10.4. The van der Waals surface area contributed by atoms with E-state index in [9.17, 15) is 4.21 Å². The second kappa shape index (κ2) is 12.0. The molecule has 0 saturated carbocycles. The van der Waals surface area contributed by atoms with E-state index in [2.05, 4.69) is 20.4 Å². The van der Waals surface area contributed by atoms with Crippen LogP contribution in [0.5, 0.6) is 0 Å². The molecule has 9 heteroatoms. The van der Waals surface area contributed by atoms with Crippen LogP contribution in [0, 0.1) is 0 Å². The van der Waals surface area contributed by atoms with Crippen molar-refractivity contribution in [1.82, 2.24) is 25.0 Å². The molecule has 1 aromatic carbocycles. The fraction of sp³-hybridized carbons (Fsp3) is 0.471. The predicted octanol–water partition coefficient (Wildman–Crippen LogP) is 1.78. The third kappa shape index (κ3) is 7.40. The summed E-state index contributed by atoms with van der Waals surface area (Å²) >= 11 is 0. The Morgan fingerprint density at radius 2 is 2.08 bits per heavy atom. The lowest BCUT2D eigenvalue weighted by Crippen LogP contribution is -2.39. The average molecular weight is 490 g/mol. The van der Waals surface area contributed by atoms with Crippen LogP contribution in [-0.4, -0.2) is 55.7 Å². The summed E-state index contributed by atoms with van der Waals surface area (Å²) in [6, 6.07) is 9.90. The Balaban J connectivity index is 0.00000338. The summed E-state index contributed by atoms with van der Waals surface area (Å²) in [5.41, 5.74) is 1.09. The first-order valence-corrected chi connectivity index (χ1v) is 9.80. The monoisotopic (exact) mass is 490 g/mol. The predicted molar refractivity (Wildman–Crippen MR) is 117 cm³/mol. The highest BCUT2D eigenvalue weighted by Gasteiger charge is 2.10. The van der Waals surface area contributed by atoms with Crippen molar-refractivity contribution in [3.05, 3.63) is 48.0 Å². The molecule has 2 aromatic rings. The maximum Gasteiger partial charge on any atom is 0.194 e. The van der Waals surface area contributed by atoms with E-state index < -0.39 is 10.8 Å². The molecule has 0 aliphatic heterocycles. The molecule has 26 heavy (non-hydrogen) atoms. The largest absolute Gasteiger partial charge is 0.357 e. The molecule has 1 heterocycles. The van der Waals surface area contributed by atoms with Crippen molar-refractivity contribution < 1.29 is 4.21 Å². The van der Waals surface area contributed by atoms with Gasteiger partial charge in [-0.3, -0.25) is 13.9 Å². The van der Waals surface area contributed by atoms with Gasteiger partial charge in [-0.25, -0.2) is 4.98 Å². The number of nitrogens with zero attached hydrogens (tertiary/aromatic N) is 5. The third-order valence-electron chi connectivity index (χ3n) is 3.63. The van der Waals surface area contributed by atoms with Gasteiger partial charge < -0.3 is 10.2 Å². The first kappa shape index (κ1) is 22.6. The highest BCUT2D eigenvalue weighted by atomic mass is 127. The summed E-state index contributed by atoms with van der Waals surface area (Å²) in [7, 11) is 2.90. The van der Waals surface area contributed by atoms with Gasteiger partial charge in [0.2, 0.25) is 0 Å². The molecule has 1 unspecified atom stereocenters. The van der Waals surface area contributed by atoms with E-state index in [-0.39, 0.29) is 24.0 Å². The van der Waals surface area contributed by atoms with E-state index in [0.29, 0.717) is 24.6 Å². The molecular weight excluding hydrogens is 463 g/mol. The quantitative estimate of drug-likeness (QED) is 0.347. The Bertz CT molecular complexity index is 706. The summed E-state index contributed by atoms with van der Waals surface area (Å²) in [4.78, 5) is 10.8. The van der Waals surface area contributed by atoms with Gasteiger partial charge in [0, 0.05) is 42.9 Å². The Morgan fingerprint density at radius 3 is 2.69 bits per heavy atom. The summed E-state index contributed by atoms with van der Waals surface area (Å²) < 4.78 is 14.0. The Morgan fingerprint density at radius 1 is 1.35 bits per heavy atom. The van der Waals surface area contributed by atoms with Gasteiger partial charge in [0.1, 0.15) is 12.2 Å². The molecule has 0 aliphatic rings. The fourth-order valence-electron chi connectivity index (χ4n) is 2.31. The van der Waals surface area contributed by atoms with Crippen molar-refractivity contribution >= 4 is 40.7 Å². The zero-order valence-corrected chi connectivity index (χ0v) is 18.6. The summed E-state index contributed by atoms with van der Waals surface area (Å²) in [6.45, 7) is 3.93. The molecular formula is C17H27IN6OS. The molecule has 0 aliphatic carbocycles. The van der Waals surface area contributed by atoms with Crippen LogP contribution in [0.2, 0.25) is 0 Å². The van der Waals surface area contributed by atoms with Crippen molar-refractivity contribution in [3.63, 3.8) is 0 Å². The minimum absolute atomic E-state index is 0. The van der Waals surface area contributed by atoms with Crippen LogP contribution in [-0.2, 0) is 30.1 Å². The number of aryl methyl sites for hydroxylation is 1. The van der Waals surface area contributed by atoms with Gasteiger partial charge >= 0.3 is 0 Å². The van der Waals surface area contributed by atoms with Crippen LogP contribution in [0.25, 0.3) is 0 Å². The van der Waals surface area contributed by atoms with E-state index in [1.807, 2.05) is 56.3 Å². The topological polar surface area (TPSA) is 75.4 Å². The third-order valence-corrected chi connectivity index (χ3v) is 4.92. The van der Waals surface area contributed by atoms with Crippen LogP contribution in [0.3, 0.4) is 0 Å². The van der Waals surface area contributed by atoms with Crippen molar-refractivity contribution in [2.45, 2.75) is 19.2 Å². The van der Waals surface area contributed by atoms with Crippen LogP contribution in [0.15, 0.2) is 41.7 Å². The molecule has 2 rings (SSSR count). The molecule has 0 spiro atoms. The molecule has 0 amide bonds. The lowest BCUT2D eigenvalue weighted by atomic mass is 10.2. The van der Waals surface area contributed by atoms with Crippen molar-refractivity contribution in [2.24, 2.45) is 12.0 Å². The second-order valence-electron chi connectivity index (χ2n) is 5.67. The summed E-state index contributed by atoms with van der Waals surface area (Å²) in [6.07, 6.45) is 1.54.